The van der Waals surface area contributed by atoms with Gasteiger partial charge in [0.2, 0.25) is 0 Å². The summed E-state index contributed by atoms with van der Waals surface area (Å²) in [5, 5.41) is 0. The van der Waals surface area contributed by atoms with E-state index in [0.717, 1.165) is 6.42 Å². The fourth-order valence-electron chi connectivity index (χ4n) is 1.55. The summed E-state index contributed by atoms with van der Waals surface area (Å²) >= 11 is 3.56. The van der Waals surface area contributed by atoms with Crippen LogP contribution in [0, 0.1) is 6.92 Å². The molecule has 0 amide bonds. The Labute approximate surface area is 98.3 Å². The van der Waals surface area contributed by atoms with Crippen LogP contribution in [0.5, 0.6) is 0 Å². The van der Waals surface area contributed by atoms with E-state index in [2.05, 4.69) is 52.1 Å². The van der Waals surface area contributed by atoms with Crippen molar-refractivity contribution in [2.45, 2.75) is 13.3 Å². The number of hydrogen-bond acceptors (Lipinski definition) is 1. The minimum absolute atomic E-state index is 0.954. The molecule has 0 aliphatic heterocycles. The van der Waals surface area contributed by atoms with E-state index in [1.165, 1.54) is 21.2 Å². The van der Waals surface area contributed by atoms with Gasteiger partial charge in [-0.1, -0.05) is 34.1 Å². The van der Waals surface area contributed by atoms with Crippen molar-refractivity contribution < 1.29 is 0 Å². The summed E-state index contributed by atoms with van der Waals surface area (Å²) in [5.74, 6) is 0. The minimum atomic E-state index is 0.954. The summed E-state index contributed by atoms with van der Waals surface area (Å²) in [6.45, 7) is 2.10. The van der Waals surface area contributed by atoms with E-state index in [4.69, 9.17) is 0 Å². The number of hydrogen-bond donors (Lipinski definition) is 0. The molecule has 76 valence electrons. The van der Waals surface area contributed by atoms with Gasteiger partial charge in [0.25, 0.3) is 0 Å². The Hall–Kier alpha value is -1.15. The number of aryl methyl sites for hydroxylation is 1. The van der Waals surface area contributed by atoms with E-state index >= 15 is 0 Å². The molecular weight excluding hydrogens is 250 g/mol. The monoisotopic (exact) mass is 261 g/mol. The first kappa shape index (κ1) is 10.4. The van der Waals surface area contributed by atoms with Crippen molar-refractivity contribution in [2.24, 2.45) is 0 Å². The Morgan fingerprint density at radius 3 is 2.67 bits per heavy atom. The van der Waals surface area contributed by atoms with E-state index in [1.54, 1.807) is 0 Å². The largest absolute Gasteiger partial charge is 0.264 e. The number of aromatic nitrogens is 1. The molecule has 0 aliphatic rings. The first-order chi connectivity index (χ1) is 7.27. The second kappa shape index (κ2) is 4.58. The van der Waals surface area contributed by atoms with Gasteiger partial charge in [0.05, 0.1) is 0 Å². The van der Waals surface area contributed by atoms with E-state index in [0.29, 0.717) is 0 Å². The van der Waals surface area contributed by atoms with Crippen molar-refractivity contribution in [2.75, 3.05) is 0 Å². The predicted molar refractivity (Wildman–Crippen MR) is 65.9 cm³/mol. The van der Waals surface area contributed by atoms with E-state index in [-0.39, 0.29) is 0 Å². The second-order valence-electron chi connectivity index (χ2n) is 3.57. The molecular formula is C13H12BrN. The Morgan fingerprint density at radius 1 is 1.13 bits per heavy atom. The van der Waals surface area contributed by atoms with Gasteiger partial charge in [-0.3, -0.25) is 4.98 Å². The van der Waals surface area contributed by atoms with Crippen molar-refractivity contribution in [3.8, 4) is 0 Å². The van der Waals surface area contributed by atoms with Crippen molar-refractivity contribution in [3.05, 3.63) is 63.9 Å². The van der Waals surface area contributed by atoms with Gasteiger partial charge in [0, 0.05) is 16.9 Å². The SMILES string of the molecule is Cc1cnccc1Cc1ccccc1Br. The van der Waals surface area contributed by atoms with Gasteiger partial charge in [-0.05, 0) is 42.2 Å². The molecule has 0 saturated carbocycles. The predicted octanol–water partition coefficient (Wildman–Crippen LogP) is 3.74. The van der Waals surface area contributed by atoms with Crippen LogP contribution in [-0.4, -0.2) is 4.98 Å². The molecule has 2 rings (SSSR count). The van der Waals surface area contributed by atoms with Crippen LogP contribution in [-0.2, 0) is 6.42 Å². The Morgan fingerprint density at radius 2 is 1.93 bits per heavy atom. The summed E-state index contributed by atoms with van der Waals surface area (Å²) in [4.78, 5) is 4.10. The normalized spacial score (nSPS) is 10.3. The highest BCUT2D eigenvalue weighted by Gasteiger charge is 2.02. The highest BCUT2D eigenvalue weighted by atomic mass is 79.9. The zero-order valence-corrected chi connectivity index (χ0v) is 10.2. The van der Waals surface area contributed by atoms with Gasteiger partial charge < -0.3 is 0 Å². The molecule has 0 atom stereocenters. The van der Waals surface area contributed by atoms with Crippen LogP contribution in [0.15, 0.2) is 47.2 Å². The molecule has 0 spiro atoms. The average molecular weight is 262 g/mol. The highest BCUT2D eigenvalue weighted by Crippen LogP contribution is 2.20. The molecule has 2 aromatic rings. The zero-order valence-electron chi connectivity index (χ0n) is 8.57. The van der Waals surface area contributed by atoms with Crippen LogP contribution in [0.2, 0.25) is 0 Å². The van der Waals surface area contributed by atoms with E-state index < -0.39 is 0 Å². The molecule has 0 N–H and O–H groups in total. The molecule has 0 saturated heterocycles. The van der Waals surface area contributed by atoms with Gasteiger partial charge in [0.15, 0.2) is 0 Å². The molecule has 0 bridgehead atoms. The van der Waals surface area contributed by atoms with E-state index in [9.17, 15) is 0 Å². The lowest BCUT2D eigenvalue weighted by atomic mass is 10.0. The molecule has 2 heteroatoms. The first-order valence-corrected chi connectivity index (χ1v) is 5.69. The number of halogens is 1. The molecule has 1 heterocycles. The third-order valence-electron chi connectivity index (χ3n) is 2.48. The van der Waals surface area contributed by atoms with Crippen molar-refractivity contribution in [3.63, 3.8) is 0 Å². The van der Waals surface area contributed by atoms with Crippen LogP contribution >= 0.6 is 15.9 Å². The van der Waals surface area contributed by atoms with Gasteiger partial charge in [-0.25, -0.2) is 0 Å². The van der Waals surface area contributed by atoms with Crippen molar-refractivity contribution in [1.29, 1.82) is 0 Å². The molecule has 0 fully saturated rings. The summed E-state index contributed by atoms with van der Waals surface area (Å²) in [7, 11) is 0. The van der Waals surface area contributed by atoms with Crippen LogP contribution < -0.4 is 0 Å². The molecule has 1 aromatic carbocycles. The number of benzene rings is 1. The van der Waals surface area contributed by atoms with Crippen molar-refractivity contribution in [1.82, 2.24) is 4.98 Å². The first-order valence-electron chi connectivity index (χ1n) is 4.90. The zero-order chi connectivity index (χ0) is 10.7. The summed E-state index contributed by atoms with van der Waals surface area (Å²) < 4.78 is 1.17. The maximum absolute atomic E-state index is 4.10. The number of pyridine rings is 1. The molecule has 15 heavy (non-hydrogen) atoms. The third kappa shape index (κ3) is 2.45. The summed E-state index contributed by atoms with van der Waals surface area (Å²) in [5.41, 5.74) is 3.89. The fraction of sp³-hybridized carbons (Fsp3) is 0.154. The molecule has 1 aromatic heterocycles. The van der Waals surface area contributed by atoms with E-state index in [1.807, 2.05) is 18.5 Å². The van der Waals surface area contributed by atoms with Gasteiger partial charge >= 0.3 is 0 Å². The Balaban J connectivity index is 2.30. The van der Waals surface area contributed by atoms with Gasteiger partial charge in [-0.15, -0.1) is 0 Å². The summed E-state index contributed by atoms with van der Waals surface area (Å²) in [6, 6.07) is 10.4. The lowest BCUT2D eigenvalue weighted by Crippen LogP contribution is -1.93. The average Bonchev–Trinajstić information content (AvgIpc) is 2.24. The standard InChI is InChI=1S/C13H12BrN/c1-10-9-15-7-6-11(10)8-12-4-2-3-5-13(12)14/h2-7,9H,8H2,1H3. The molecule has 0 aliphatic carbocycles. The van der Waals surface area contributed by atoms with Crippen LogP contribution in [0.3, 0.4) is 0 Å². The topological polar surface area (TPSA) is 12.9 Å². The van der Waals surface area contributed by atoms with Crippen LogP contribution in [0.4, 0.5) is 0 Å². The fourth-order valence-corrected chi connectivity index (χ4v) is 1.97. The van der Waals surface area contributed by atoms with Gasteiger partial charge in [-0.2, -0.15) is 0 Å². The smallest absolute Gasteiger partial charge is 0.0299 e. The Kier molecular flexibility index (Phi) is 3.17. The number of rotatable bonds is 2. The molecule has 0 radical (unpaired) electrons. The number of nitrogens with zero attached hydrogens (tertiary/aromatic N) is 1. The highest BCUT2D eigenvalue weighted by molar-refractivity contribution is 9.10. The Bertz CT molecular complexity index is 422. The van der Waals surface area contributed by atoms with Gasteiger partial charge in [0.1, 0.15) is 0 Å². The van der Waals surface area contributed by atoms with Crippen LogP contribution in [0.25, 0.3) is 0 Å². The second-order valence-corrected chi connectivity index (χ2v) is 4.42. The van der Waals surface area contributed by atoms with Crippen molar-refractivity contribution >= 4 is 15.9 Å². The summed E-state index contributed by atoms with van der Waals surface area (Å²) in [6.07, 6.45) is 4.71. The molecule has 1 nitrogen and oxygen atoms in total. The maximum atomic E-state index is 4.10. The molecule has 0 unspecified atom stereocenters. The lowest BCUT2D eigenvalue weighted by molar-refractivity contribution is 1.11. The maximum Gasteiger partial charge on any atom is 0.0299 e. The lowest BCUT2D eigenvalue weighted by Gasteiger charge is -2.06. The quantitative estimate of drug-likeness (QED) is 0.803. The third-order valence-corrected chi connectivity index (χ3v) is 3.25. The minimum Gasteiger partial charge on any atom is -0.264 e. The van der Waals surface area contributed by atoms with Crippen LogP contribution in [0.1, 0.15) is 16.7 Å².